The second-order valence-corrected chi connectivity index (χ2v) is 16.4. The summed E-state index contributed by atoms with van der Waals surface area (Å²) in [6.45, 7) is 3.68. The van der Waals surface area contributed by atoms with Gasteiger partial charge in [0, 0.05) is 48.9 Å². The molecule has 3 atom stereocenters. The molecule has 51 heavy (non-hydrogen) atoms. The van der Waals surface area contributed by atoms with Gasteiger partial charge in [-0.15, -0.1) is 11.3 Å². The molecule has 18 heteroatoms. The maximum absolute atomic E-state index is 17.2. The van der Waals surface area contributed by atoms with E-state index in [1.807, 2.05) is 11.0 Å². The van der Waals surface area contributed by atoms with Crippen LogP contribution in [0.4, 0.5) is 28.8 Å². The smallest absolute Gasteiger partial charge is 0.409 e. The Morgan fingerprint density at radius 2 is 2.06 bits per heavy atom. The van der Waals surface area contributed by atoms with Crippen molar-refractivity contribution in [1.29, 1.82) is 5.26 Å². The van der Waals surface area contributed by atoms with E-state index < -0.39 is 45.2 Å². The molecule has 2 aromatic carbocycles. The van der Waals surface area contributed by atoms with E-state index in [2.05, 4.69) is 24.6 Å². The van der Waals surface area contributed by atoms with Crippen LogP contribution >= 0.6 is 11.3 Å². The van der Waals surface area contributed by atoms with E-state index in [9.17, 15) is 28.0 Å². The standard InChI is InChI=1S/C33H33F3N8O5S2/c1-17-10-20-26(25(36)23(17)19-4-5-22(35)27-24(19)21(12-37)29(50-27)41-31(45)46)39-30(49-16-33-7-3-9-44(33)13-18(34)11-33)40-28(20)43-8-2-6-32(15-43)14-38-51(47,48)42-32/h4-5,10,18,38,41-42H,2-3,6-9,11,13-16H2,1H3,(H,45,46)/t18-,32+,33+/m1/s1. The second-order valence-electron chi connectivity index (χ2n) is 13.9. The van der Waals surface area contributed by atoms with Crippen LogP contribution in [0, 0.1) is 29.9 Å². The number of rotatable bonds is 6. The number of nitriles is 1. The van der Waals surface area contributed by atoms with Crippen molar-refractivity contribution in [2.75, 3.05) is 49.5 Å². The van der Waals surface area contributed by atoms with E-state index >= 15 is 8.78 Å². The Balaban J connectivity index is 1.29. The Morgan fingerprint density at radius 3 is 2.80 bits per heavy atom. The van der Waals surface area contributed by atoms with Crippen molar-refractivity contribution in [3.05, 3.63) is 41.0 Å². The zero-order valence-corrected chi connectivity index (χ0v) is 29.0. The lowest BCUT2D eigenvalue weighted by atomic mass is 9.90. The fourth-order valence-corrected chi connectivity index (χ4v) is 10.8. The molecule has 13 nitrogen and oxygen atoms in total. The summed E-state index contributed by atoms with van der Waals surface area (Å²) in [4.78, 5) is 24.8. The van der Waals surface area contributed by atoms with Crippen molar-refractivity contribution >= 4 is 59.4 Å². The number of carboxylic acid groups (broad SMARTS) is 1. The van der Waals surface area contributed by atoms with Gasteiger partial charge in [-0.2, -0.15) is 28.4 Å². The number of halogens is 3. The number of aromatic nitrogens is 2. The summed E-state index contributed by atoms with van der Waals surface area (Å²) in [6, 6.07) is 6.00. The van der Waals surface area contributed by atoms with Crippen LogP contribution in [0.25, 0.3) is 32.1 Å². The lowest BCUT2D eigenvalue weighted by Gasteiger charge is -2.40. The van der Waals surface area contributed by atoms with Crippen LogP contribution < -0.4 is 24.4 Å². The molecule has 6 heterocycles. The summed E-state index contributed by atoms with van der Waals surface area (Å²) in [7, 11) is -3.69. The molecule has 4 fully saturated rings. The van der Waals surface area contributed by atoms with Gasteiger partial charge in [0.1, 0.15) is 41.0 Å². The fourth-order valence-electron chi connectivity index (χ4n) is 8.40. The molecule has 0 aliphatic carbocycles. The molecular weight excluding hydrogens is 710 g/mol. The zero-order valence-electron chi connectivity index (χ0n) is 27.4. The number of amides is 1. The summed E-state index contributed by atoms with van der Waals surface area (Å²) < 4.78 is 83.1. The number of alkyl halides is 1. The highest BCUT2D eigenvalue weighted by Gasteiger charge is 2.50. The van der Waals surface area contributed by atoms with Gasteiger partial charge in [-0.05, 0) is 62.4 Å². The summed E-state index contributed by atoms with van der Waals surface area (Å²) >= 11 is 0.737. The predicted molar refractivity (Wildman–Crippen MR) is 184 cm³/mol. The van der Waals surface area contributed by atoms with Crippen LogP contribution in [0.3, 0.4) is 0 Å². The molecule has 4 aliphatic heterocycles. The molecule has 0 saturated carbocycles. The number of fused-ring (bicyclic) bond motifs is 3. The monoisotopic (exact) mass is 742 g/mol. The van der Waals surface area contributed by atoms with Crippen molar-refractivity contribution < 1.29 is 36.2 Å². The first kappa shape index (κ1) is 33.8. The highest BCUT2D eigenvalue weighted by Crippen LogP contribution is 2.46. The molecule has 4 aliphatic rings. The molecule has 4 N–H and O–H groups in total. The third kappa shape index (κ3) is 5.71. The first-order valence-corrected chi connectivity index (χ1v) is 18.8. The normalized spacial score (nSPS) is 25.9. The topological polar surface area (TPSA) is 173 Å². The lowest BCUT2D eigenvalue weighted by molar-refractivity contribution is 0.107. The Labute approximate surface area is 294 Å². The van der Waals surface area contributed by atoms with E-state index in [1.54, 1.807) is 13.0 Å². The molecule has 0 unspecified atom stereocenters. The summed E-state index contributed by atoms with van der Waals surface area (Å²) in [5.74, 6) is -1.17. The largest absolute Gasteiger partial charge is 0.465 e. The summed E-state index contributed by atoms with van der Waals surface area (Å²) in [6.07, 6.45) is 0.668. The minimum absolute atomic E-state index is 0.0200. The zero-order chi connectivity index (χ0) is 35.9. The Kier molecular flexibility index (Phi) is 8.07. The van der Waals surface area contributed by atoms with Gasteiger partial charge in [-0.25, -0.2) is 22.7 Å². The summed E-state index contributed by atoms with van der Waals surface area (Å²) in [5, 5.41) is 21.8. The first-order chi connectivity index (χ1) is 24.3. The van der Waals surface area contributed by atoms with Gasteiger partial charge in [0.25, 0.3) is 10.2 Å². The maximum Gasteiger partial charge on any atom is 0.409 e. The van der Waals surface area contributed by atoms with Gasteiger partial charge in [0.15, 0.2) is 5.82 Å². The van der Waals surface area contributed by atoms with Crippen molar-refractivity contribution in [3.8, 4) is 23.2 Å². The quantitative estimate of drug-likeness (QED) is 0.215. The Hall–Kier alpha value is -4.28. The van der Waals surface area contributed by atoms with Crippen LogP contribution in [-0.4, -0.2) is 91.1 Å². The van der Waals surface area contributed by atoms with E-state index in [1.165, 1.54) is 6.07 Å². The first-order valence-electron chi connectivity index (χ1n) is 16.5. The number of hydrogen-bond donors (Lipinski definition) is 4. The molecule has 1 amide bonds. The molecule has 268 valence electrons. The minimum Gasteiger partial charge on any atom is -0.465 e. The van der Waals surface area contributed by atoms with Crippen molar-refractivity contribution in [2.45, 2.75) is 56.3 Å². The fraction of sp³-hybridized carbons (Fsp3) is 0.455. The number of anilines is 2. The number of carbonyl (C=O) groups is 1. The number of benzene rings is 2. The van der Waals surface area contributed by atoms with Gasteiger partial charge in [-0.3, -0.25) is 10.2 Å². The van der Waals surface area contributed by atoms with Crippen LogP contribution in [0.2, 0.25) is 0 Å². The number of aryl methyl sites for hydroxylation is 1. The highest BCUT2D eigenvalue weighted by atomic mass is 32.2. The number of ether oxygens (including phenoxy) is 1. The van der Waals surface area contributed by atoms with Crippen molar-refractivity contribution in [3.63, 3.8) is 0 Å². The van der Waals surface area contributed by atoms with Crippen LogP contribution in [0.5, 0.6) is 6.01 Å². The average Bonchev–Trinajstić information content (AvgIpc) is 3.80. The van der Waals surface area contributed by atoms with E-state index in [4.69, 9.17) is 9.72 Å². The van der Waals surface area contributed by atoms with Gasteiger partial charge in [0.05, 0.1) is 21.3 Å². The SMILES string of the molecule is Cc1cc2c(N3CCC[C@]4(CNS(=O)(=O)N4)C3)nc(OC[C@@]34CCCN3C[C@H](F)C4)nc2c(F)c1-c1ccc(F)c2sc(NC(=O)O)c(C#N)c12. The summed E-state index contributed by atoms with van der Waals surface area (Å²) in [5.41, 5.74) is -1.02. The molecule has 1 spiro atoms. The Bertz CT molecular complexity index is 2280. The lowest BCUT2D eigenvalue weighted by Crippen LogP contribution is -2.56. The molecular formula is C33H33F3N8O5S2. The maximum atomic E-state index is 17.2. The highest BCUT2D eigenvalue weighted by molar-refractivity contribution is 7.87. The van der Waals surface area contributed by atoms with E-state index in [-0.39, 0.29) is 63.0 Å². The number of thiophene rings is 1. The average molecular weight is 743 g/mol. The van der Waals surface area contributed by atoms with Crippen LogP contribution in [0.1, 0.15) is 43.2 Å². The van der Waals surface area contributed by atoms with E-state index in [0.717, 1.165) is 36.8 Å². The van der Waals surface area contributed by atoms with Gasteiger partial charge >= 0.3 is 12.1 Å². The molecule has 8 rings (SSSR count). The van der Waals surface area contributed by atoms with Crippen molar-refractivity contribution in [2.24, 2.45) is 0 Å². The van der Waals surface area contributed by atoms with Crippen molar-refractivity contribution in [1.82, 2.24) is 24.3 Å². The molecule has 0 bridgehead atoms. The molecule has 0 radical (unpaired) electrons. The van der Waals surface area contributed by atoms with Gasteiger partial charge < -0.3 is 14.7 Å². The van der Waals surface area contributed by atoms with Crippen LogP contribution in [-0.2, 0) is 10.2 Å². The predicted octanol–water partition coefficient (Wildman–Crippen LogP) is 4.79. The number of nitrogens with zero attached hydrogens (tertiary/aromatic N) is 5. The third-order valence-electron chi connectivity index (χ3n) is 10.5. The van der Waals surface area contributed by atoms with Gasteiger partial charge in [0.2, 0.25) is 0 Å². The second kappa shape index (κ2) is 12.2. The van der Waals surface area contributed by atoms with E-state index in [0.29, 0.717) is 49.1 Å². The molecule has 2 aromatic heterocycles. The van der Waals surface area contributed by atoms with Gasteiger partial charge in [-0.1, -0.05) is 6.07 Å². The molecule has 4 aromatic rings. The number of hydrogen-bond acceptors (Lipinski definition) is 10. The molecule has 4 saturated heterocycles. The number of piperidine rings is 1. The Morgan fingerprint density at radius 1 is 1.25 bits per heavy atom. The van der Waals surface area contributed by atoms with Crippen LogP contribution in [0.15, 0.2) is 18.2 Å². The number of nitrogens with one attached hydrogen (secondary N) is 3. The minimum atomic E-state index is -3.69. The third-order valence-corrected chi connectivity index (χ3v) is 12.9.